The van der Waals surface area contributed by atoms with Gasteiger partial charge in [-0.25, -0.2) is 0 Å². The van der Waals surface area contributed by atoms with Gasteiger partial charge in [0.05, 0.1) is 12.7 Å². The molecule has 0 fully saturated rings. The molecule has 0 saturated carbocycles. The van der Waals surface area contributed by atoms with E-state index in [0.717, 1.165) is 25.6 Å². The standard InChI is InChI=1S/C12H27NO/c1-10(2)7-13-8-12(5,6)9-14-11(3)4/h10-11,13H,7-9H2,1-6H3. The average molecular weight is 201 g/mol. The largest absolute Gasteiger partial charge is 0.378 e. The molecule has 0 aliphatic heterocycles. The zero-order chi connectivity index (χ0) is 11.2. The summed E-state index contributed by atoms with van der Waals surface area (Å²) in [6.45, 7) is 16.0. The van der Waals surface area contributed by atoms with Crippen LogP contribution in [0.2, 0.25) is 0 Å². The monoisotopic (exact) mass is 201 g/mol. The molecule has 0 aromatic heterocycles. The predicted octanol–water partition coefficient (Wildman–Crippen LogP) is 2.68. The van der Waals surface area contributed by atoms with Crippen LogP contribution in [0.5, 0.6) is 0 Å². The van der Waals surface area contributed by atoms with Crippen LogP contribution in [-0.2, 0) is 4.74 Å². The van der Waals surface area contributed by atoms with Crippen molar-refractivity contribution in [3.8, 4) is 0 Å². The van der Waals surface area contributed by atoms with Gasteiger partial charge in [-0.1, -0.05) is 27.7 Å². The van der Waals surface area contributed by atoms with Gasteiger partial charge < -0.3 is 10.1 Å². The third-order valence-electron chi connectivity index (χ3n) is 1.96. The van der Waals surface area contributed by atoms with Crippen molar-refractivity contribution in [1.82, 2.24) is 5.32 Å². The molecule has 0 unspecified atom stereocenters. The van der Waals surface area contributed by atoms with Gasteiger partial charge in [0, 0.05) is 12.0 Å². The summed E-state index contributed by atoms with van der Waals surface area (Å²) in [6, 6.07) is 0. The summed E-state index contributed by atoms with van der Waals surface area (Å²) in [6.07, 6.45) is 0.333. The lowest BCUT2D eigenvalue weighted by atomic mass is 9.94. The fourth-order valence-corrected chi connectivity index (χ4v) is 1.14. The minimum absolute atomic E-state index is 0.235. The number of nitrogens with one attached hydrogen (secondary N) is 1. The van der Waals surface area contributed by atoms with E-state index >= 15 is 0 Å². The smallest absolute Gasteiger partial charge is 0.0532 e. The van der Waals surface area contributed by atoms with Gasteiger partial charge in [-0.15, -0.1) is 0 Å². The van der Waals surface area contributed by atoms with E-state index in [1.807, 2.05) is 0 Å². The highest BCUT2D eigenvalue weighted by molar-refractivity contribution is 4.71. The Kier molecular flexibility index (Phi) is 6.38. The molecular weight excluding hydrogens is 174 g/mol. The number of hydrogen-bond donors (Lipinski definition) is 1. The maximum atomic E-state index is 5.62. The van der Waals surface area contributed by atoms with E-state index in [1.165, 1.54) is 0 Å². The summed E-state index contributed by atoms with van der Waals surface area (Å²) in [5.41, 5.74) is 0.235. The molecule has 1 N–H and O–H groups in total. The topological polar surface area (TPSA) is 21.3 Å². The minimum atomic E-state index is 0.235. The molecule has 86 valence electrons. The van der Waals surface area contributed by atoms with Crippen LogP contribution < -0.4 is 5.32 Å². The third-order valence-corrected chi connectivity index (χ3v) is 1.96. The fraction of sp³-hybridized carbons (Fsp3) is 1.00. The van der Waals surface area contributed by atoms with Gasteiger partial charge in [-0.05, 0) is 26.3 Å². The molecule has 0 atom stereocenters. The first kappa shape index (κ1) is 13.9. The van der Waals surface area contributed by atoms with Crippen molar-refractivity contribution in [2.75, 3.05) is 19.7 Å². The summed E-state index contributed by atoms with van der Waals surface area (Å²) >= 11 is 0. The Morgan fingerprint density at radius 3 is 2.14 bits per heavy atom. The van der Waals surface area contributed by atoms with Gasteiger partial charge >= 0.3 is 0 Å². The van der Waals surface area contributed by atoms with Crippen LogP contribution in [0.3, 0.4) is 0 Å². The van der Waals surface area contributed by atoms with Gasteiger partial charge in [-0.3, -0.25) is 0 Å². The van der Waals surface area contributed by atoms with Gasteiger partial charge in [-0.2, -0.15) is 0 Å². The quantitative estimate of drug-likeness (QED) is 0.684. The van der Waals surface area contributed by atoms with Crippen LogP contribution >= 0.6 is 0 Å². The molecule has 0 heterocycles. The van der Waals surface area contributed by atoms with E-state index in [4.69, 9.17) is 4.74 Å². The highest BCUT2D eigenvalue weighted by atomic mass is 16.5. The summed E-state index contributed by atoms with van der Waals surface area (Å²) in [4.78, 5) is 0. The van der Waals surface area contributed by atoms with Crippen LogP contribution in [0.15, 0.2) is 0 Å². The second kappa shape index (κ2) is 6.41. The lowest BCUT2D eigenvalue weighted by molar-refractivity contribution is 0.0215. The van der Waals surface area contributed by atoms with Crippen molar-refractivity contribution in [1.29, 1.82) is 0 Å². The summed E-state index contributed by atoms with van der Waals surface area (Å²) in [5.74, 6) is 0.719. The Bertz CT molecular complexity index is 141. The molecular formula is C12H27NO. The van der Waals surface area contributed by atoms with Crippen molar-refractivity contribution in [3.63, 3.8) is 0 Å². The Morgan fingerprint density at radius 1 is 1.14 bits per heavy atom. The van der Waals surface area contributed by atoms with Crippen molar-refractivity contribution in [2.24, 2.45) is 11.3 Å². The highest BCUT2D eigenvalue weighted by Gasteiger charge is 2.18. The lowest BCUT2D eigenvalue weighted by Crippen LogP contribution is -2.35. The van der Waals surface area contributed by atoms with E-state index in [9.17, 15) is 0 Å². The van der Waals surface area contributed by atoms with Crippen molar-refractivity contribution in [3.05, 3.63) is 0 Å². The van der Waals surface area contributed by atoms with E-state index < -0.39 is 0 Å². The molecule has 0 amide bonds. The molecule has 0 aromatic rings. The molecule has 14 heavy (non-hydrogen) atoms. The SMILES string of the molecule is CC(C)CNCC(C)(C)COC(C)C. The lowest BCUT2D eigenvalue weighted by Gasteiger charge is -2.26. The van der Waals surface area contributed by atoms with Crippen LogP contribution in [0, 0.1) is 11.3 Å². The predicted molar refractivity (Wildman–Crippen MR) is 62.6 cm³/mol. The van der Waals surface area contributed by atoms with Gasteiger partial charge in [0.25, 0.3) is 0 Å². The zero-order valence-electron chi connectivity index (χ0n) is 10.7. The molecule has 2 nitrogen and oxygen atoms in total. The molecule has 0 radical (unpaired) electrons. The average Bonchev–Trinajstić information content (AvgIpc) is 2.00. The molecule has 2 heteroatoms. The number of rotatable bonds is 7. The maximum absolute atomic E-state index is 5.62. The van der Waals surface area contributed by atoms with E-state index in [0.29, 0.717) is 6.10 Å². The number of hydrogen-bond acceptors (Lipinski definition) is 2. The minimum Gasteiger partial charge on any atom is -0.378 e. The second-order valence-corrected chi connectivity index (χ2v) is 5.55. The first-order valence-electron chi connectivity index (χ1n) is 5.66. The Labute approximate surface area is 89.4 Å². The fourth-order valence-electron chi connectivity index (χ4n) is 1.14. The van der Waals surface area contributed by atoms with Crippen molar-refractivity contribution >= 4 is 0 Å². The Balaban J connectivity index is 3.61. The normalized spacial score (nSPS) is 12.9. The van der Waals surface area contributed by atoms with Gasteiger partial charge in [0.2, 0.25) is 0 Å². The molecule has 0 aliphatic rings. The summed E-state index contributed by atoms with van der Waals surface area (Å²) in [5, 5.41) is 3.47. The van der Waals surface area contributed by atoms with Gasteiger partial charge in [0.1, 0.15) is 0 Å². The van der Waals surface area contributed by atoms with Crippen LogP contribution in [0.4, 0.5) is 0 Å². The third kappa shape index (κ3) is 8.52. The first-order chi connectivity index (χ1) is 6.33. The van der Waals surface area contributed by atoms with Crippen molar-refractivity contribution < 1.29 is 4.74 Å². The first-order valence-corrected chi connectivity index (χ1v) is 5.66. The molecule has 0 aromatic carbocycles. The molecule has 0 aliphatic carbocycles. The van der Waals surface area contributed by atoms with Crippen LogP contribution in [0.1, 0.15) is 41.5 Å². The maximum Gasteiger partial charge on any atom is 0.0532 e. The van der Waals surface area contributed by atoms with Gasteiger partial charge in [0.15, 0.2) is 0 Å². The van der Waals surface area contributed by atoms with Crippen LogP contribution in [-0.4, -0.2) is 25.8 Å². The molecule has 0 saturated heterocycles. The van der Waals surface area contributed by atoms with Crippen molar-refractivity contribution in [2.45, 2.75) is 47.6 Å². The second-order valence-electron chi connectivity index (χ2n) is 5.55. The summed E-state index contributed by atoms with van der Waals surface area (Å²) < 4.78 is 5.62. The molecule has 0 bridgehead atoms. The summed E-state index contributed by atoms with van der Waals surface area (Å²) in [7, 11) is 0. The highest BCUT2D eigenvalue weighted by Crippen LogP contribution is 2.14. The van der Waals surface area contributed by atoms with E-state index in [2.05, 4.69) is 46.9 Å². The Hall–Kier alpha value is -0.0800. The van der Waals surface area contributed by atoms with Crippen LogP contribution in [0.25, 0.3) is 0 Å². The zero-order valence-corrected chi connectivity index (χ0v) is 10.7. The molecule has 0 rings (SSSR count). The number of ether oxygens (including phenoxy) is 1. The van der Waals surface area contributed by atoms with E-state index in [1.54, 1.807) is 0 Å². The van der Waals surface area contributed by atoms with E-state index in [-0.39, 0.29) is 5.41 Å². The Morgan fingerprint density at radius 2 is 1.71 bits per heavy atom. The molecule has 0 spiro atoms.